The SMILES string of the molecule is Oc1ccc2ccccc2c1Cc1c(OCCC2CCCCCCC2)ccc2ccccc12. The van der Waals surface area contributed by atoms with Crippen molar-refractivity contribution in [2.24, 2.45) is 5.92 Å². The number of rotatable bonds is 6. The molecule has 4 aromatic carbocycles. The van der Waals surface area contributed by atoms with Crippen molar-refractivity contribution >= 4 is 21.5 Å². The third-order valence-electron chi connectivity index (χ3n) is 7.38. The van der Waals surface area contributed by atoms with E-state index in [1.54, 1.807) is 0 Å². The van der Waals surface area contributed by atoms with Crippen LogP contribution in [0.5, 0.6) is 11.5 Å². The molecule has 0 bridgehead atoms. The van der Waals surface area contributed by atoms with Gasteiger partial charge in [-0.1, -0.05) is 106 Å². The van der Waals surface area contributed by atoms with E-state index in [-0.39, 0.29) is 0 Å². The van der Waals surface area contributed by atoms with Gasteiger partial charge in [0.2, 0.25) is 0 Å². The zero-order valence-corrected chi connectivity index (χ0v) is 19.4. The Balaban J connectivity index is 1.44. The maximum absolute atomic E-state index is 10.8. The Bertz CT molecular complexity index is 1220. The summed E-state index contributed by atoms with van der Waals surface area (Å²) >= 11 is 0. The van der Waals surface area contributed by atoms with Gasteiger partial charge in [-0.15, -0.1) is 0 Å². The highest BCUT2D eigenvalue weighted by molar-refractivity contribution is 5.91. The molecule has 1 N–H and O–H groups in total. The highest BCUT2D eigenvalue weighted by Gasteiger charge is 2.16. The number of aromatic hydroxyl groups is 1. The minimum Gasteiger partial charge on any atom is -0.508 e. The molecule has 0 spiro atoms. The maximum Gasteiger partial charge on any atom is 0.123 e. The van der Waals surface area contributed by atoms with E-state index in [9.17, 15) is 5.11 Å². The van der Waals surface area contributed by atoms with Gasteiger partial charge < -0.3 is 9.84 Å². The minimum absolute atomic E-state index is 0.349. The molecule has 1 fully saturated rings. The van der Waals surface area contributed by atoms with Crippen molar-refractivity contribution in [3.05, 3.63) is 83.9 Å². The minimum atomic E-state index is 0.349. The first-order valence-corrected chi connectivity index (χ1v) is 12.6. The van der Waals surface area contributed by atoms with Crippen LogP contribution in [0.1, 0.15) is 62.5 Å². The Morgan fingerprint density at radius 2 is 1.27 bits per heavy atom. The number of phenols is 1. The largest absolute Gasteiger partial charge is 0.508 e. The van der Waals surface area contributed by atoms with Crippen molar-refractivity contribution in [2.75, 3.05) is 6.61 Å². The molecule has 1 aliphatic carbocycles. The second kappa shape index (κ2) is 10.3. The topological polar surface area (TPSA) is 29.5 Å². The second-order valence-corrected chi connectivity index (χ2v) is 9.57. The van der Waals surface area contributed by atoms with Gasteiger partial charge in [-0.3, -0.25) is 0 Å². The molecule has 0 aliphatic heterocycles. The molecule has 0 atom stereocenters. The molecule has 0 aromatic heterocycles. The molecule has 170 valence electrons. The van der Waals surface area contributed by atoms with Crippen LogP contribution in [0.2, 0.25) is 0 Å². The molecular formula is C31H34O2. The lowest BCUT2D eigenvalue weighted by Gasteiger charge is -2.21. The molecule has 0 amide bonds. The highest BCUT2D eigenvalue weighted by atomic mass is 16.5. The van der Waals surface area contributed by atoms with Gasteiger partial charge in [0.05, 0.1) is 6.61 Å². The van der Waals surface area contributed by atoms with Crippen LogP contribution >= 0.6 is 0 Å². The second-order valence-electron chi connectivity index (χ2n) is 9.57. The summed E-state index contributed by atoms with van der Waals surface area (Å²) in [6.45, 7) is 0.761. The van der Waals surface area contributed by atoms with Gasteiger partial charge in [0, 0.05) is 17.5 Å². The quantitative estimate of drug-likeness (QED) is 0.327. The first-order chi connectivity index (χ1) is 16.3. The van der Waals surface area contributed by atoms with Crippen molar-refractivity contribution in [1.82, 2.24) is 0 Å². The van der Waals surface area contributed by atoms with Crippen LogP contribution in [0.3, 0.4) is 0 Å². The lowest BCUT2D eigenvalue weighted by molar-refractivity contribution is 0.253. The Labute approximate surface area is 197 Å². The molecule has 0 saturated heterocycles. The number of hydrogen-bond acceptors (Lipinski definition) is 2. The van der Waals surface area contributed by atoms with Crippen LogP contribution in [0.4, 0.5) is 0 Å². The van der Waals surface area contributed by atoms with E-state index >= 15 is 0 Å². The maximum atomic E-state index is 10.8. The van der Waals surface area contributed by atoms with Crippen LogP contribution in [0.15, 0.2) is 72.8 Å². The standard InChI is InChI=1S/C31H34O2/c32-30-18-16-24-12-6-8-14-26(24)28(30)22-29-27-15-9-7-13-25(27)17-19-31(29)33-21-20-23-10-4-2-1-3-5-11-23/h6-9,12-19,23,32H,1-5,10-11,20-22H2. The predicted molar refractivity (Wildman–Crippen MR) is 138 cm³/mol. The van der Waals surface area contributed by atoms with E-state index in [1.165, 1.54) is 55.7 Å². The van der Waals surface area contributed by atoms with Gasteiger partial charge in [0.25, 0.3) is 0 Å². The third kappa shape index (κ3) is 5.00. The van der Waals surface area contributed by atoms with Crippen molar-refractivity contribution in [1.29, 1.82) is 0 Å². The molecule has 2 nitrogen and oxygen atoms in total. The summed E-state index contributed by atoms with van der Waals surface area (Å²) in [7, 11) is 0. The smallest absolute Gasteiger partial charge is 0.123 e. The van der Waals surface area contributed by atoms with E-state index in [0.717, 1.165) is 46.6 Å². The number of phenolic OH excluding ortho intramolecular Hbond substituents is 1. The molecule has 33 heavy (non-hydrogen) atoms. The van der Waals surface area contributed by atoms with Gasteiger partial charge in [0.1, 0.15) is 11.5 Å². The van der Waals surface area contributed by atoms with Gasteiger partial charge in [-0.25, -0.2) is 0 Å². The fourth-order valence-electron chi connectivity index (χ4n) is 5.49. The lowest BCUT2D eigenvalue weighted by atomic mass is 9.89. The van der Waals surface area contributed by atoms with Gasteiger partial charge in [-0.05, 0) is 46.0 Å². The summed E-state index contributed by atoms with van der Waals surface area (Å²) in [4.78, 5) is 0. The molecule has 4 aromatic rings. The van der Waals surface area contributed by atoms with Crippen LogP contribution in [0, 0.1) is 5.92 Å². The van der Waals surface area contributed by atoms with E-state index < -0.39 is 0 Å². The van der Waals surface area contributed by atoms with Gasteiger partial charge in [-0.2, -0.15) is 0 Å². The first-order valence-electron chi connectivity index (χ1n) is 12.6. The van der Waals surface area contributed by atoms with Crippen molar-refractivity contribution in [3.8, 4) is 11.5 Å². The molecule has 1 saturated carbocycles. The Morgan fingerprint density at radius 1 is 0.667 bits per heavy atom. The summed E-state index contributed by atoms with van der Waals surface area (Å²) in [5.74, 6) is 2.09. The zero-order valence-electron chi connectivity index (χ0n) is 19.4. The first kappa shape index (κ1) is 21.8. The number of hydrogen-bond donors (Lipinski definition) is 1. The summed E-state index contributed by atoms with van der Waals surface area (Å²) in [6, 6.07) is 24.9. The number of fused-ring (bicyclic) bond motifs is 2. The Morgan fingerprint density at radius 3 is 2.00 bits per heavy atom. The van der Waals surface area contributed by atoms with Crippen LogP contribution < -0.4 is 4.74 Å². The molecule has 1 aliphatic rings. The zero-order chi connectivity index (χ0) is 22.5. The summed E-state index contributed by atoms with van der Waals surface area (Å²) in [5.41, 5.74) is 2.13. The van der Waals surface area contributed by atoms with E-state index in [0.29, 0.717) is 12.2 Å². The van der Waals surface area contributed by atoms with Gasteiger partial charge in [0.15, 0.2) is 0 Å². The lowest BCUT2D eigenvalue weighted by Crippen LogP contribution is -2.10. The summed E-state index contributed by atoms with van der Waals surface area (Å²) in [5, 5.41) is 15.5. The highest BCUT2D eigenvalue weighted by Crippen LogP contribution is 2.36. The number of ether oxygens (including phenoxy) is 1. The Kier molecular flexibility index (Phi) is 6.81. The normalized spacial score (nSPS) is 15.4. The fraction of sp³-hybridized carbons (Fsp3) is 0.355. The van der Waals surface area contributed by atoms with Crippen LogP contribution in [0.25, 0.3) is 21.5 Å². The molecule has 0 unspecified atom stereocenters. The number of benzene rings is 4. The predicted octanol–water partition coefficient (Wildman–Crippen LogP) is 8.42. The molecule has 0 heterocycles. The van der Waals surface area contributed by atoms with Crippen molar-refractivity contribution in [2.45, 2.75) is 57.8 Å². The van der Waals surface area contributed by atoms with E-state index in [4.69, 9.17) is 4.74 Å². The molecule has 2 heteroatoms. The average molecular weight is 439 g/mol. The average Bonchev–Trinajstić information content (AvgIpc) is 2.83. The van der Waals surface area contributed by atoms with Crippen LogP contribution in [-0.2, 0) is 6.42 Å². The molecule has 0 radical (unpaired) electrons. The fourth-order valence-corrected chi connectivity index (χ4v) is 5.49. The molecular weight excluding hydrogens is 404 g/mol. The summed E-state index contributed by atoms with van der Waals surface area (Å²) < 4.78 is 6.46. The monoisotopic (exact) mass is 438 g/mol. The third-order valence-corrected chi connectivity index (χ3v) is 7.38. The Hall–Kier alpha value is -3.00. The van der Waals surface area contributed by atoms with Crippen molar-refractivity contribution < 1.29 is 9.84 Å². The summed E-state index contributed by atoms with van der Waals surface area (Å²) in [6.07, 6.45) is 11.4. The van der Waals surface area contributed by atoms with E-state index in [1.807, 2.05) is 24.3 Å². The van der Waals surface area contributed by atoms with Crippen LogP contribution in [-0.4, -0.2) is 11.7 Å². The van der Waals surface area contributed by atoms with Gasteiger partial charge >= 0.3 is 0 Å². The molecule has 5 rings (SSSR count). The van der Waals surface area contributed by atoms with Crippen molar-refractivity contribution in [3.63, 3.8) is 0 Å². The van der Waals surface area contributed by atoms with E-state index in [2.05, 4.69) is 48.5 Å².